The molecule has 0 amide bonds. The van der Waals surface area contributed by atoms with Crippen molar-refractivity contribution in [3.05, 3.63) is 62.4 Å². The summed E-state index contributed by atoms with van der Waals surface area (Å²) in [5.74, 6) is 0.0932. The molecular weight excluding hydrogens is 420 g/mol. The molecule has 2 aliphatic rings. The van der Waals surface area contributed by atoms with Gasteiger partial charge in [-0.25, -0.2) is 22.0 Å². The number of sulfonamides is 1. The van der Waals surface area contributed by atoms with Crippen molar-refractivity contribution in [2.75, 3.05) is 7.05 Å². The average molecular weight is 437 g/mol. The number of benzene rings is 1. The first kappa shape index (κ1) is 20.8. The highest BCUT2D eigenvalue weighted by atomic mass is 35.5. The SMILES string of the molecule is CNC1=C2C=C(S(N)(=O)=O)SC2S(=O)(=O)C(Cc2ccc(O)cc2)=C1.Cl. The number of halogens is 1. The third-order valence-corrected chi connectivity index (χ3v) is 9.22. The molecule has 142 valence electrons. The molecule has 0 aromatic heterocycles. The molecule has 2 aliphatic heterocycles. The van der Waals surface area contributed by atoms with Crippen molar-refractivity contribution < 1.29 is 21.9 Å². The van der Waals surface area contributed by atoms with E-state index in [1.165, 1.54) is 24.3 Å². The normalized spacial score (nSPS) is 21.4. The Hall–Kier alpha value is -1.46. The molecule has 4 N–H and O–H groups in total. The van der Waals surface area contributed by atoms with Crippen LogP contribution in [0.25, 0.3) is 0 Å². The van der Waals surface area contributed by atoms with Crippen molar-refractivity contribution in [3.63, 3.8) is 0 Å². The Kier molecular flexibility index (Phi) is 5.83. The van der Waals surface area contributed by atoms with E-state index < -0.39 is 24.4 Å². The number of phenols is 1. The molecule has 0 radical (unpaired) electrons. The number of fused-ring (bicyclic) bond motifs is 1. The van der Waals surface area contributed by atoms with Crippen LogP contribution in [0.2, 0.25) is 0 Å². The number of rotatable bonds is 4. The number of allylic oxidation sites excluding steroid dienone is 3. The van der Waals surface area contributed by atoms with Gasteiger partial charge in [-0.05, 0) is 29.8 Å². The van der Waals surface area contributed by atoms with E-state index >= 15 is 0 Å². The van der Waals surface area contributed by atoms with Crippen molar-refractivity contribution in [1.82, 2.24) is 5.32 Å². The van der Waals surface area contributed by atoms with E-state index in [1.54, 1.807) is 19.2 Å². The monoisotopic (exact) mass is 436 g/mol. The molecule has 0 saturated heterocycles. The second-order valence-electron chi connectivity index (χ2n) is 5.58. The van der Waals surface area contributed by atoms with Gasteiger partial charge in [0, 0.05) is 24.7 Å². The average Bonchev–Trinajstić information content (AvgIpc) is 2.99. The van der Waals surface area contributed by atoms with Crippen molar-refractivity contribution in [2.24, 2.45) is 5.14 Å². The molecule has 7 nitrogen and oxygen atoms in total. The molecule has 2 heterocycles. The van der Waals surface area contributed by atoms with Crippen LogP contribution in [0.15, 0.2) is 56.8 Å². The lowest BCUT2D eigenvalue weighted by molar-refractivity contribution is 0.475. The van der Waals surface area contributed by atoms with Crippen LogP contribution in [-0.4, -0.2) is 33.6 Å². The molecule has 3 rings (SSSR count). The number of hydrogen-bond donors (Lipinski definition) is 3. The number of aromatic hydroxyl groups is 1. The predicted molar refractivity (Wildman–Crippen MR) is 105 cm³/mol. The molecule has 0 bridgehead atoms. The molecule has 26 heavy (non-hydrogen) atoms. The van der Waals surface area contributed by atoms with Crippen LogP contribution in [0.3, 0.4) is 0 Å². The highest BCUT2D eigenvalue weighted by Gasteiger charge is 2.43. The summed E-state index contributed by atoms with van der Waals surface area (Å²) >= 11 is 0.726. The Labute approximate surface area is 162 Å². The van der Waals surface area contributed by atoms with Crippen LogP contribution in [0.4, 0.5) is 0 Å². The largest absolute Gasteiger partial charge is 0.508 e. The van der Waals surface area contributed by atoms with Crippen molar-refractivity contribution in [2.45, 2.75) is 11.0 Å². The number of hydrogen-bond acceptors (Lipinski definition) is 7. The van der Waals surface area contributed by atoms with Crippen molar-refractivity contribution in [1.29, 1.82) is 0 Å². The highest BCUT2D eigenvalue weighted by molar-refractivity contribution is 8.25. The summed E-state index contributed by atoms with van der Waals surface area (Å²) < 4.78 is 47.9. The molecule has 0 spiro atoms. The molecule has 1 unspecified atom stereocenters. The number of primary sulfonamides is 1. The number of likely N-dealkylation sites (N-methyl/N-ethyl adjacent to an activating group) is 1. The molecular formula is C15H17ClN2O5S3. The van der Waals surface area contributed by atoms with Gasteiger partial charge < -0.3 is 10.4 Å². The van der Waals surface area contributed by atoms with Gasteiger partial charge in [0.15, 0.2) is 9.84 Å². The van der Waals surface area contributed by atoms with Gasteiger partial charge in [-0.15, -0.1) is 12.4 Å². The van der Waals surface area contributed by atoms with Gasteiger partial charge >= 0.3 is 0 Å². The number of sulfone groups is 1. The molecule has 0 saturated carbocycles. The van der Waals surface area contributed by atoms with Gasteiger partial charge in [-0.3, -0.25) is 0 Å². The lowest BCUT2D eigenvalue weighted by atomic mass is 10.1. The minimum atomic E-state index is -3.98. The first-order valence-corrected chi connectivity index (χ1v) is 11.2. The molecule has 0 aliphatic carbocycles. The van der Waals surface area contributed by atoms with E-state index in [1.807, 2.05) is 0 Å². The number of nitrogens with two attached hydrogens (primary N) is 1. The van der Waals surface area contributed by atoms with Crippen LogP contribution in [0.5, 0.6) is 5.75 Å². The Balaban J connectivity index is 0.00000243. The van der Waals surface area contributed by atoms with E-state index in [2.05, 4.69) is 5.32 Å². The maximum atomic E-state index is 12.9. The third kappa shape index (κ3) is 3.79. The first-order valence-electron chi connectivity index (χ1n) is 7.18. The van der Waals surface area contributed by atoms with E-state index in [0.717, 1.165) is 11.8 Å². The minimum absolute atomic E-state index is 0. The van der Waals surface area contributed by atoms with Gasteiger partial charge in [0.2, 0.25) is 10.0 Å². The quantitative estimate of drug-likeness (QED) is 0.650. The third-order valence-electron chi connectivity index (χ3n) is 3.88. The van der Waals surface area contributed by atoms with Gasteiger partial charge in [0.05, 0.1) is 4.91 Å². The van der Waals surface area contributed by atoms with Crippen molar-refractivity contribution in [3.8, 4) is 5.75 Å². The Morgan fingerprint density at radius 3 is 2.38 bits per heavy atom. The second-order valence-corrected chi connectivity index (χ2v) is 10.9. The van der Waals surface area contributed by atoms with Crippen LogP contribution >= 0.6 is 24.2 Å². The zero-order chi connectivity index (χ0) is 18.4. The van der Waals surface area contributed by atoms with E-state index in [-0.39, 0.29) is 33.7 Å². The van der Waals surface area contributed by atoms with Gasteiger partial charge in [0.1, 0.15) is 14.6 Å². The fourth-order valence-electron chi connectivity index (χ4n) is 2.63. The van der Waals surface area contributed by atoms with Crippen LogP contribution in [-0.2, 0) is 26.3 Å². The molecule has 1 atom stereocenters. The lowest BCUT2D eigenvalue weighted by Gasteiger charge is -2.23. The zero-order valence-electron chi connectivity index (χ0n) is 13.5. The summed E-state index contributed by atoms with van der Waals surface area (Å²) in [6, 6.07) is 6.24. The summed E-state index contributed by atoms with van der Waals surface area (Å²) in [7, 11) is -6.09. The van der Waals surface area contributed by atoms with Gasteiger partial charge in [0.25, 0.3) is 0 Å². The maximum absolute atomic E-state index is 12.9. The summed E-state index contributed by atoms with van der Waals surface area (Å²) in [6.45, 7) is 0. The van der Waals surface area contributed by atoms with E-state index in [4.69, 9.17) is 5.14 Å². The fourth-order valence-corrected chi connectivity index (χ4v) is 7.30. The zero-order valence-corrected chi connectivity index (χ0v) is 16.8. The second kappa shape index (κ2) is 7.28. The Morgan fingerprint density at radius 2 is 1.85 bits per heavy atom. The molecule has 1 aromatic carbocycles. The first-order chi connectivity index (χ1) is 11.6. The summed E-state index contributed by atoms with van der Waals surface area (Å²) in [5, 5.41) is 17.4. The standard InChI is InChI=1S/C15H16N2O5S3.ClH/c1-17-13-7-11(6-9-2-4-10(18)5-3-9)24(19,20)15-12(13)8-14(23-15)25(16,21)22;/h2-5,7-8,15,17-18H,6H2,1H3,(H2,16,21,22);1H. The molecule has 11 heteroatoms. The summed E-state index contributed by atoms with van der Waals surface area (Å²) in [4.78, 5) is 0.174. The minimum Gasteiger partial charge on any atom is -0.508 e. The van der Waals surface area contributed by atoms with Crippen LogP contribution in [0, 0.1) is 0 Å². The number of nitrogens with one attached hydrogen (secondary N) is 1. The van der Waals surface area contributed by atoms with E-state index in [0.29, 0.717) is 16.8 Å². The highest BCUT2D eigenvalue weighted by Crippen LogP contribution is 2.47. The topological polar surface area (TPSA) is 127 Å². The number of phenolic OH excluding ortho intramolecular Hbond substituents is 1. The smallest absolute Gasteiger partial charge is 0.244 e. The van der Waals surface area contributed by atoms with Crippen LogP contribution < -0.4 is 10.5 Å². The Morgan fingerprint density at radius 1 is 1.23 bits per heavy atom. The summed E-state index contributed by atoms with van der Waals surface area (Å²) in [6.07, 6.45) is 2.96. The molecule has 1 aromatic rings. The Bertz CT molecular complexity index is 1030. The van der Waals surface area contributed by atoms with Gasteiger partial charge in [-0.1, -0.05) is 23.9 Å². The predicted octanol–water partition coefficient (Wildman–Crippen LogP) is 1.35. The number of thioether (sulfide) groups is 1. The van der Waals surface area contributed by atoms with Crippen LogP contribution in [0.1, 0.15) is 5.56 Å². The maximum Gasteiger partial charge on any atom is 0.244 e. The lowest BCUT2D eigenvalue weighted by Crippen LogP contribution is -2.27. The fraction of sp³-hybridized carbons (Fsp3) is 0.200. The van der Waals surface area contributed by atoms with Gasteiger partial charge in [-0.2, -0.15) is 0 Å². The van der Waals surface area contributed by atoms with E-state index in [9.17, 15) is 21.9 Å². The molecule has 0 fully saturated rings. The summed E-state index contributed by atoms with van der Waals surface area (Å²) in [5.41, 5.74) is 1.64. The van der Waals surface area contributed by atoms with Crippen molar-refractivity contribution >= 4 is 44.0 Å².